The van der Waals surface area contributed by atoms with Gasteiger partial charge in [0.15, 0.2) is 0 Å². The summed E-state index contributed by atoms with van der Waals surface area (Å²) < 4.78 is 6.01. The Morgan fingerprint density at radius 2 is 2.00 bits per heavy atom. The van der Waals surface area contributed by atoms with E-state index in [9.17, 15) is 4.79 Å². The van der Waals surface area contributed by atoms with Crippen molar-refractivity contribution in [2.45, 2.75) is 45.7 Å². The van der Waals surface area contributed by atoms with Crippen molar-refractivity contribution in [1.82, 2.24) is 14.9 Å². The molecule has 28 heavy (non-hydrogen) atoms. The standard InChI is InChI=1S/C22H24ClN3O2/c1-22(2,3)21-24-18-10-11-26(13-16(18)20(27)25-21)12-14-8-9-19(28-14)15-6-4-5-7-17(15)23/h4-9H,10-13H2,1-3H3,(H,24,25,27). The number of aromatic nitrogens is 2. The number of rotatable bonds is 3. The molecule has 0 atom stereocenters. The monoisotopic (exact) mass is 397 g/mol. The number of H-pyrrole nitrogens is 1. The van der Waals surface area contributed by atoms with Crippen LogP contribution in [0.5, 0.6) is 0 Å². The Hall–Kier alpha value is -2.37. The third-order valence-electron chi connectivity index (χ3n) is 5.04. The Labute approximate surface area is 169 Å². The molecule has 0 fully saturated rings. The van der Waals surface area contributed by atoms with Gasteiger partial charge in [0, 0.05) is 30.5 Å². The fourth-order valence-corrected chi connectivity index (χ4v) is 3.69. The fraction of sp³-hybridized carbons (Fsp3) is 0.364. The third-order valence-corrected chi connectivity index (χ3v) is 5.37. The van der Waals surface area contributed by atoms with E-state index in [4.69, 9.17) is 21.0 Å². The van der Waals surface area contributed by atoms with E-state index in [0.717, 1.165) is 47.1 Å². The molecular formula is C22H24ClN3O2. The van der Waals surface area contributed by atoms with Crippen molar-refractivity contribution in [1.29, 1.82) is 0 Å². The van der Waals surface area contributed by atoms with Crippen molar-refractivity contribution >= 4 is 11.6 Å². The van der Waals surface area contributed by atoms with Crippen LogP contribution in [0.15, 0.2) is 45.6 Å². The van der Waals surface area contributed by atoms with Crippen LogP contribution >= 0.6 is 11.6 Å². The van der Waals surface area contributed by atoms with Gasteiger partial charge in [0.25, 0.3) is 5.56 Å². The molecule has 6 heteroatoms. The van der Waals surface area contributed by atoms with Crippen LogP contribution in [-0.2, 0) is 24.9 Å². The molecule has 146 valence electrons. The average molecular weight is 398 g/mol. The fourth-order valence-electron chi connectivity index (χ4n) is 3.46. The van der Waals surface area contributed by atoms with Crippen molar-refractivity contribution in [2.75, 3.05) is 6.54 Å². The summed E-state index contributed by atoms with van der Waals surface area (Å²) in [6, 6.07) is 11.6. The van der Waals surface area contributed by atoms with Gasteiger partial charge in [-0.1, -0.05) is 44.5 Å². The Bertz CT molecular complexity index is 1060. The zero-order chi connectivity index (χ0) is 19.9. The average Bonchev–Trinajstić information content (AvgIpc) is 3.10. The summed E-state index contributed by atoms with van der Waals surface area (Å²) in [5.41, 5.74) is 2.36. The van der Waals surface area contributed by atoms with Crippen LogP contribution < -0.4 is 5.56 Å². The van der Waals surface area contributed by atoms with Crippen molar-refractivity contribution in [2.24, 2.45) is 0 Å². The van der Waals surface area contributed by atoms with Gasteiger partial charge >= 0.3 is 0 Å². The first-order chi connectivity index (χ1) is 13.3. The van der Waals surface area contributed by atoms with Crippen LogP contribution in [0.25, 0.3) is 11.3 Å². The maximum atomic E-state index is 12.6. The largest absolute Gasteiger partial charge is 0.460 e. The lowest BCUT2D eigenvalue weighted by atomic mass is 9.95. The molecule has 1 aliphatic heterocycles. The summed E-state index contributed by atoms with van der Waals surface area (Å²) in [7, 11) is 0. The molecule has 0 unspecified atom stereocenters. The Morgan fingerprint density at radius 3 is 2.75 bits per heavy atom. The van der Waals surface area contributed by atoms with E-state index in [0.29, 0.717) is 18.1 Å². The molecule has 2 aromatic heterocycles. The molecule has 0 amide bonds. The summed E-state index contributed by atoms with van der Waals surface area (Å²) in [5.74, 6) is 2.36. The molecule has 4 rings (SSSR count). The van der Waals surface area contributed by atoms with Gasteiger partial charge in [-0.05, 0) is 24.3 Å². The van der Waals surface area contributed by atoms with E-state index >= 15 is 0 Å². The second-order valence-electron chi connectivity index (χ2n) is 8.30. The van der Waals surface area contributed by atoms with Gasteiger partial charge in [-0.25, -0.2) is 4.98 Å². The number of fused-ring (bicyclic) bond motifs is 1. The third kappa shape index (κ3) is 3.77. The lowest BCUT2D eigenvalue weighted by Crippen LogP contribution is -2.37. The smallest absolute Gasteiger partial charge is 0.255 e. The maximum absolute atomic E-state index is 12.6. The van der Waals surface area contributed by atoms with E-state index in [2.05, 4.69) is 30.7 Å². The van der Waals surface area contributed by atoms with Crippen LogP contribution in [0.3, 0.4) is 0 Å². The highest BCUT2D eigenvalue weighted by molar-refractivity contribution is 6.33. The summed E-state index contributed by atoms with van der Waals surface area (Å²) in [6.07, 6.45) is 0.764. The first-order valence-electron chi connectivity index (χ1n) is 9.50. The van der Waals surface area contributed by atoms with Crippen LogP contribution in [-0.4, -0.2) is 21.4 Å². The molecule has 3 aromatic rings. The highest BCUT2D eigenvalue weighted by Gasteiger charge is 2.25. The quantitative estimate of drug-likeness (QED) is 0.704. The van der Waals surface area contributed by atoms with Crippen molar-refractivity contribution in [3.05, 3.63) is 74.6 Å². The molecule has 0 spiro atoms. The minimum Gasteiger partial charge on any atom is -0.460 e. The van der Waals surface area contributed by atoms with E-state index in [1.54, 1.807) is 0 Å². The minimum atomic E-state index is -0.172. The molecule has 3 heterocycles. The topological polar surface area (TPSA) is 62.1 Å². The SMILES string of the molecule is CC(C)(C)c1nc2c(c(=O)[nH]1)CN(Cc1ccc(-c3ccccc3Cl)o1)CC2. The van der Waals surface area contributed by atoms with Crippen LogP contribution in [0.1, 0.15) is 43.6 Å². The molecule has 0 radical (unpaired) electrons. The second-order valence-corrected chi connectivity index (χ2v) is 8.70. The zero-order valence-corrected chi connectivity index (χ0v) is 17.1. The Balaban J connectivity index is 1.52. The number of hydrogen-bond acceptors (Lipinski definition) is 4. The van der Waals surface area contributed by atoms with E-state index in [1.165, 1.54) is 0 Å². The predicted molar refractivity (Wildman–Crippen MR) is 111 cm³/mol. The van der Waals surface area contributed by atoms with E-state index < -0.39 is 0 Å². The van der Waals surface area contributed by atoms with Crippen LogP contribution in [0.2, 0.25) is 5.02 Å². The number of hydrogen-bond donors (Lipinski definition) is 1. The van der Waals surface area contributed by atoms with Gasteiger partial charge in [-0.3, -0.25) is 9.69 Å². The maximum Gasteiger partial charge on any atom is 0.255 e. The van der Waals surface area contributed by atoms with Crippen LogP contribution in [0, 0.1) is 0 Å². The first kappa shape index (κ1) is 19.0. The van der Waals surface area contributed by atoms with Gasteiger partial charge in [-0.2, -0.15) is 0 Å². The highest BCUT2D eigenvalue weighted by atomic mass is 35.5. The summed E-state index contributed by atoms with van der Waals surface area (Å²) >= 11 is 6.26. The van der Waals surface area contributed by atoms with Crippen LogP contribution in [0.4, 0.5) is 0 Å². The summed E-state index contributed by atoms with van der Waals surface area (Å²) in [5, 5.41) is 0.669. The number of furan rings is 1. The minimum absolute atomic E-state index is 0.0316. The number of aromatic amines is 1. The second kappa shape index (κ2) is 7.22. The van der Waals surface area contributed by atoms with Gasteiger partial charge in [-0.15, -0.1) is 0 Å². The van der Waals surface area contributed by atoms with Gasteiger partial charge in [0.1, 0.15) is 17.3 Å². The molecule has 1 aromatic carbocycles. The van der Waals surface area contributed by atoms with Gasteiger partial charge in [0.05, 0.1) is 22.8 Å². The van der Waals surface area contributed by atoms with Gasteiger partial charge in [0.2, 0.25) is 0 Å². The lowest BCUT2D eigenvalue weighted by Gasteiger charge is -2.28. The van der Waals surface area contributed by atoms with Crippen molar-refractivity contribution in [3.63, 3.8) is 0 Å². The Morgan fingerprint density at radius 1 is 1.21 bits per heavy atom. The number of halogens is 1. The summed E-state index contributed by atoms with van der Waals surface area (Å²) in [4.78, 5) is 22.5. The van der Waals surface area contributed by atoms with Crippen molar-refractivity contribution < 1.29 is 4.42 Å². The first-order valence-corrected chi connectivity index (χ1v) is 9.87. The van der Waals surface area contributed by atoms with E-state index in [-0.39, 0.29) is 11.0 Å². The van der Waals surface area contributed by atoms with Gasteiger partial charge < -0.3 is 9.40 Å². The molecule has 1 N–H and O–H groups in total. The number of benzene rings is 1. The normalized spacial score (nSPS) is 14.9. The zero-order valence-electron chi connectivity index (χ0n) is 16.4. The molecule has 0 saturated carbocycles. The number of nitrogens with zero attached hydrogens (tertiary/aromatic N) is 2. The molecule has 0 bridgehead atoms. The lowest BCUT2D eigenvalue weighted by molar-refractivity contribution is 0.222. The van der Waals surface area contributed by atoms with E-state index in [1.807, 2.05) is 36.4 Å². The summed E-state index contributed by atoms with van der Waals surface area (Å²) in [6.45, 7) is 8.23. The molecule has 1 aliphatic rings. The predicted octanol–water partition coefficient (Wildman–Crippen LogP) is 4.54. The molecule has 5 nitrogen and oxygen atoms in total. The highest BCUT2D eigenvalue weighted by Crippen LogP contribution is 2.30. The van der Waals surface area contributed by atoms with Crippen molar-refractivity contribution in [3.8, 4) is 11.3 Å². The number of nitrogens with one attached hydrogen (secondary N) is 1. The Kier molecular flexibility index (Phi) is 4.89. The molecular weight excluding hydrogens is 374 g/mol. The molecule has 0 saturated heterocycles. The molecule has 0 aliphatic carbocycles.